The van der Waals surface area contributed by atoms with Gasteiger partial charge in [0.1, 0.15) is 13.2 Å². The normalized spacial score (nSPS) is 8.67. The van der Waals surface area contributed by atoms with E-state index in [-0.39, 0.29) is 39.3 Å². The smallest absolute Gasteiger partial charge is 0.330 e. The number of aliphatic hydroxyl groups is 2. The SMILES string of the molecule is C=CC(=O)OCCC(=O)O.C=CC(=O)OCCC(=O)O.OCCOCCO. The Kier molecular flexibility index (Phi) is 25.0. The average Bonchev–Trinajstić information content (AvgIpc) is 2.62. The highest BCUT2D eigenvalue weighted by molar-refractivity contribution is 5.81. The topological polar surface area (TPSA) is 177 Å². The first-order chi connectivity index (χ1) is 12.7. The summed E-state index contributed by atoms with van der Waals surface area (Å²) >= 11 is 0. The molecule has 0 heterocycles. The molecule has 11 heteroatoms. The molecular weight excluding hydrogens is 368 g/mol. The molecule has 0 fully saturated rings. The van der Waals surface area contributed by atoms with E-state index in [1.807, 2.05) is 0 Å². The number of esters is 2. The number of aliphatic hydroxyl groups excluding tert-OH is 2. The number of carbonyl (C=O) groups is 4. The molecule has 0 aliphatic carbocycles. The van der Waals surface area contributed by atoms with Gasteiger partial charge < -0.3 is 34.6 Å². The molecule has 0 saturated carbocycles. The predicted octanol–water partition coefficient (Wildman–Crippen LogP) is -0.632. The minimum absolute atomic E-state index is 0.0278. The predicted molar refractivity (Wildman–Crippen MR) is 91.8 cm³/mol. The van der Waals surface area contributed by atoms with E-state index in [4.69, 9.17) is 20.4 Å². The molecule has 0 aliphatic rings. The molecule has 0 aliphatic heterocycles. The lowest BCUT2D eigenvalue weighted by molar-refractivity contribution is -0.144. The maximum Gasteiger partial charge on any atom is 0.330 e. The zero-order valence-corrected chi connectivity index (χ0v) is 14.9. The third-order valence-electron chi connectivity index (χ3n) is 1.93. The number of carboxylic acids is 2. The van der Waals surface area contributed by atoms with Crippen molar-refractivity contribution < 1.29 is 53.8 Å². The van der Waals surface area contributed by atoms with Crippen LogP contribution in [0.15, 0.2) is 25.3 Å². The van der Waals surface area contributed by atoms with Gasteiger partial charge in [-0.3, -0.25) is 9.59 Å². The van der Waals surface area contributed by atoms with E-state index in [0.29, 0.717) is 13.2 Å². The molecule has 0 aromatic rings. The Morgan fingerprint density at radius 3 is 1.26 bits per heavy atom. The molecule has 27 heavy (non-hydrogen) atoms. The Balaban J connectivity index is -0.000000326. The fourth-order valence-corrected chi connectivity index (χ4v) is 0.827. The number of rotatable bonds is 12. The summed E-state index contributed by atoms with van der Waals surface area (Å²) in [5, 5.41) is 32.3. The quantitative estimate of drug-likeness (QED) is 0.188. The van der Waals surface area contributed by atoms with Gasteiger partial charge in [0.25, 0.3) is 0 Å². The first-order valence-corrected chi connectivity index (χ1v) is 7.56. The molecule has 0 amide bonds. The standard InChI is InChI=1S/2C6H8O4.C4H10O3/c2*1-2-6(9)10-4-3-5(7)8;5-1-3-7-4-2-6/h2*2H,1,3-4H2,(H,7,8);5-6H,1-4H2. The van der Waals surface area contributed by atoms with Crippen LogP contribution in [0.5, 0.6) is 0 Å². The van der Waals surface area contributed by atoms with Crippen LogP contribution in [0.4, 0.5) is 0 Å². The Morgan fingerprint density at radius 1 is 0.704 bits per heavy atom. The lowest BCUT2D eigenvalue weighted by Gasteiger charge is -1.96. The Bertz CT molecular complexity index is 406. The van der Waals surface area contributed by atoms with Gasteiger partial charge in [0.2, 0.25) is 0 Å². The summed E-state index contributed by atoms with van der Waals surface area (Å²) in [6.07, 6.45) is 1.64. The summed E-state index contributed by atoms with van der Waals surface area (Å²) in [5.41, 5.74) is 0. The van der Waals surface area contributed by atoms with Crippen molar-refractivity contribution in [1.82, 2.24) is 0 Å². The van der Waals surface area contributed by atoms with Crippen molar-refractivity contribution >= 4 is 23.9 Å². The van der Waals surface area contributed by atoms with Crippen LogP contribution in [0.3, 0.4) is 0 Å². The maximum absolute atomic E-state index is 10.3. The van der Waals surface area contributed by atoms with Crippen LogP contribution in [-0.4, -0.2) is 83.9 Å². The Hall–Kier alpha value is -2.76. The van der Waals surface area contributed by atoms with Gasteiger partial charge in [-0.2, -0.15) is 0 Å². The van der Waals surface area contributed by atoms with Crippen molar-refractivity contribution in [2.45, 2.75) is 12.8 Å². The molecule has 0 aromatic carbocycles. The van der Waals surface area contributed by atoms with E-state index in [9.17, 15) is 19.2 Å². The van der Waals surface area contributed by atoms with E-state index in [1.54, 1.807) is 0 Å². The van der Waals surface area contributed by atoms with Gasteiger partial charge in [-0.15, -0.1) is 0 Å². The molecular formula is C16H26O11. The van der Waals surface area contributed by atoms with Crippen molar-refractivity contribution in [2.75, 3.05) is 39.6 Å². The zero-order valence-electron chi connectivity index (χ0n) is 14.9. The fourth-order valence-electron chi connectivity index (χ4n) is 0.827. The van der Waals surface area contributed by atoms with E-state index in [2.05, 4.69) is 27.4 Å². The van der Waals surface area contributed by atoms with Crippen LogP contribution in [0, 0.1) is 0 Å². The largest absolute Gasteiger partial charge is 0.481 e. The van der Waals surface area contributed by atoms with Gasteiger partial charge in [0.15, 0.2) is 0 Å². The van der Waals surface area contributed by atoms with Crippen molar-refractivity contribution in [2.24, 2.45) is 0 Å². The lowest BCUT2D eigenvalue weighted by atomic mass is 10.5. The summed E-state index contributed by atoms with van der Waals surface area (Å²) in [5.74, 6) is -3.17. The maximum atomic E-state index is 10.3. The second kappa shape index (κ2) is 23.2. The summed E-state index contributed by atoms with van der Waals surface area (Å²) in [7, 11) is 0. The number of carboxylic acid groups (broad SMARTS) is 2. The van der Waals surface area contributed by atoms with Crippen molar-refractivity contribution in [3.63, 3.8) is 0 Å². The number of hydrogen-bond acceptors (Lipinski definition) is 9. The summed E-state index contributed by atoms with van der Waals surface area (Å²) in [6.45, 7) is 6.77. The highest BCUT2D eigenvalue weighted by Crippen LogP contribution is 1.84. The molecule has 0 bridgehead atoms. The van der Waals surface area contributed by atoms with Crippen molar-refractivity contribution in [3.8, 4) is 0 Å². The van der Waals surface area contributed by atoms with Crippen molar-refractivity contribution in [1.29, 1.82) is 0 Å². The minimum atomic E-state index is -0.989. The number of aliphatic carboxylic acids is 2. The molecule has 0 aromatic heterocycles. The highest BCUT2D eigenvalue weighted by Gasteiger charge is 1.99. The molecule has 0 atom stereocenters. The first-order valence-electron chi connectivity index (χ1n) is 7.56. The number of ether oxygens (including phenoxy) is 3. The minimum Gasteiger partial charge on any atom is -0.481 e. The second-order valence-electron chi connectivity index (χ2n) is 4.09. The Labute approximate surface area is 156 Å². The summed E-state index contributed by atoms with van der Waals surface area (Å²) in [6, 6.07) is 0. The zero-order chi connectivity index (χ0) is 21.5. The highest BCUT2D eigenvalue weighted by atomic mass is 16.5. The first kappa shape index (κ1) is 29.0. The van der Waals surface area contributed by atoms with Gasteiger partial charge in [0, 0.05) is 12.2 Å². The third-order valence-corrected chi connectivity index (χ3v) is 1.93. The van der Waals surface area contributed by atoms with Crippen LogP contribution in [0.2, 0.25) is 0 Å². The van der Waals surface area contributed by atoms with Crippen LogP contribution in [0.1, 0.15) is 12.8 Å². The van der Waals surface area contributed by atoms with Gasteiger partial charge in [-0.05, 0) is 0 Å². The van der Waals surface area contributed by atoms with Crippen LogP contribution >= 0.6 is 0 Å². The molecule has 0 saturated heterocycles. The van der Waals surface area contributed by atoms with E-state index >= 15 is 0 Å². The molecule has 156 valence electrons. The van der Waals surface area contributed by atoms with Crippen LogP contribution < -0.4 is 0 Å². The Morgan fingerprint density at radius 2 is 1.04 bits per heavy atom. The number of hydrogen-bond donors (Lipinski definition) is 4. The molecule has 0 unspecified atom stereocenters. The summed E-state index contributed by atoms with van der Waals surface area (Å²) in [4.78, 5) is 40.2. The molecule has 0 spiro atoms. The second-order valence-corrected chi connectivity index (χ2v) is 4.09. The van der Waals surface area contributed by atoms with Crippen LogP contribution in [-0.2, 0) is 33.4 Å². The molecule has 0 radical (unpaired) electrons. The molecule has 11 nitrogen and oxygen atoms in total. The van der Waals surface area contributed by atoms with E-state index in [0.717, 1.165) is 12.2 Å². The van der Waals surface area contributed by atoms with Gasteiger partial charge >= 0.3 is 23.9 Å². The van der Waals surface area contributed by atoms with E-state index < -0.39 is 23.9 Å². The third kappa shape index (κ3) is 35.3. The van der Waals surface area contributed by atoms with Crippen molar-refractivity contribution in [3.05, 3.63) is 25.3 Å². The monoisotopic (exact) mass is 394 g/mol. The lowest BCUT2D eigenvalue weighted by Crippen LogP contribution is -2.06. The molecule has 0 rings (SSSR count). The molecule has 4 N–H and O–H groups in total. The fraction of sp³-hybridized carbons (Fsp3) is 0.500. The van der Waals surface area contributed by atoms with Gasteiger partial charge in [-0.1, -0.05) is 13.2 Å². The van der Waals surface area contributed by atoms with Gasteiger partial charge in [-0.25, -0.2) is 9.59 Å². The van der Waals surface area contributed by atoms with Gasteiger partial charge in [0.05, 0.1) is 39.3 Å². The summed E-state index contributed by atoms with van der Waals surface area (Å²) < 4.78 is 13.4. The van der Waals surface area contributed by atoms with E-state index in [1.165, 1.54) is 0 Å². The van der Waals surface area contributed by atoms with Crippen LogP contribution in [0.25, 0.3) is 0 Å². The average molecular weight is 394 g/mol. The number of carbonyl (C=O) groups excluding carboxylic acids is 2.